The van der Waals surface area contributed by atoms with E-state index in [1.54, 1.807) is 30.1 Å². The molecule has 100 valence electrons. The van der Waals surface area contributed by atoms with E-state index in [0.29, 0.717) is 11.4 Å². The monoisotopic (exact) mass is 259 g/mol. The van der Waals surface area contributed by atoms with Crippen LogP contribution in [0, 0.1) is 6.92 Å². The molecule has 0 atom stereocenters. The van der Waals surface area contributed by atoms with Gasteiger partial charge in [0, 0.05) is 39.0 Å². The van der Waals surface area contributed by atoms with Gasteiger partial charge in [0.25, 0.3) is 5.91 Å². The number of carbonyl (C=O) groups is 1. The lowest BCUT2D eigenvalue weighted by Gasteiger charge is -2.12. The molecule has 0 aliphatic heterocycles. The van der Waals surface area contributed by atoms with Crippen molar-refractivity contribution in [3.63, 3.8) is 0 Å². The van der Waals surface area contributed by atoms with Crippen LogP contribution >= 0.6 is 0 Å². The number of aromatic nitrogens is 3. The lowest BCUT2D eigenvalue weighted by Crippen LogP contribution is -2.16. The maximum absolute atomic E-state index is 12.2. The Bertz CT molecular complexity index is 603. The van der Waals surface area contributed by atoms with Gasteiger partial charge < -0.3 is 10.2 Å². The molecule has 0 aliphatic carbocycles. The molecule has 2 aromatic rings. The predicted octanol–water partition coefficient (Wildman–Crippen LogP) is 1.44. The van der Waals surface area contributed by atoms with Gasteiger partial charge in [0.15, 0.2) is 0 Å². The number of nitrogens with one attached hydrogen (secondary N) is 1. The molecular formula is C13H17N5O. The molecule has 0 bridgehead atoms. The van der Waals surface area contributed by atoms with E-state index >= 15 is 0 Å². The minimum atomic E-state index is -0.173. The first-order chi connectivity index (χ1) is 8.97. The fourth-order valence-electron chi connectivity index (χ4n) is 1.72. The molecule has 0 spiro atoms. The molecule has 0 fully saturated rings. The Morgan fingerprint density at radius 3 is 2.68 bits per heavy atom. The summed E-state index contributed by atoms with van der Waals surface area (Å²) in [5.74, 6) is 1.24. The van der Waals surface area contributed by atoms with Crippen LogP contribution < -0.4 is 10.2 Å². The first-order valence-electron chi connectivity index (χ1n) is 5.93. The predicted molar refractivity (Wildman–Crippen MR) is 74.5 cm³/mol. The highest BCUT2D eigenvalue weighted by Gasteiger charge is 2.10. The number of rotatable bonds is 3. The van der Waals surface area contributed by atoms with Gasteiger partial charge >= 0.3 is 0 Å². The Kier molecular flexibility index (Phi) is 3.50. The van der Waals surface area contributed by atoms with Crippen molar-refractivity contribution in [2.45, 2.75) is 6.92 Å². The normalized spacial score (nSPS) is 10.3. The summed E-state index contributed by atoms with van der Waals surface area (Å²) in [6, 6.07) is 5.26. The Balaban J connectivity index is 2.20. The summed E-state index contributed by atoms with van der Waals surface area (Å²) in [6.45, 7) is 1.88. The highest BCUT2D eigenvalue weighted by molar-refractivity contribution is 6.04. The van der Waals surface area contributed by atoms with E-state index in [1.165, 1.54) is 0 Å². The topological polar surface area (TPSA) is 63.1 Å². The van der Waals surface area contributed by atoms with Crippen LogP contribution in [0.15, 0.2) is 24.4 Å². The second-order valence-electron chi connectivity index (χ2n) is 4.55. The Labute approximate surface area is 112 Å². The van der Waals surface area contributed by atoms with E-state index in [1.807, 2.05) is 32.0 Å². The molecule has 2 rings (SSSR count). The summed E-state index contributed by atoms with van der Waals surface area (Å²) in [4.78, 5) is 18.2. The van der Waals surface area contributed by atoms with Gasteiger partial charge in [-0.25, -0.2) is 4.98 Å². The highest BCUT2D eigenvalue weighted by atomic mass is 16.1. The largest absolute Gasteiger partial charge is 0.363 e. The average molecular weight is 259 g/mol. The summed E-state index contributed by atoms with van der Waals surface area (Å²) in [5, 5.41) is 7.01. The van der Waals surface area contributed by atoms with Crippen LogP contribution in [-0.4, -0.2) is 34.8 Å². The number of anilines is 2. The molecular weight excluding hydrogens is 242 g/mol. The maximum Gasteiger partial charge on any atom is 0.256 e. The second-order valence-corrected chi connectivity index (χ2v) is 4.55. The number of hydrogen-bond acceptors (Lipinski definition) is 4. The summed E-state index contributed by atoms with van der Waals surface area (Å²) >= 11 is 0. The Morgan fingerprint density at radius 2 is 2.11 bits per heavy atom. The first-order valence-corrected chi connectivity index (χ1v) is 5.93. The summed E-state index contributed by atoms with van der Waals surface area (Å²) < 4.78 is 1.64. The molecule has 6 heteroatoms. The summed E-state index contributed by atoms with van der Waals surface area (Å²) in [6.07, 6.45) is 1.62. The number of aryl methyl sites for hydroxylation is 2. The summed E-state index contributed by atoms with van der Waals surface area (Å²) in [7, 11) is 5.56. The molecule has 19 heavy (non-hydrogen) atoms. The van der Waals surface area contributed by atoms with Crippen LogP contribution in [0.3, 0.4) is 0 Å². The van der Waals surface area contributed by atoms with Crippen LogP contribution in [0.2, 0.25) is 0 Å². The first kappa shape index (κ1) is 13.1. The minimum Gasteiger partial charge on any atom is -0.363 e. The van der Waals surface area contributed by atoms with Crippen molar-refractivity contribution in [2.75, 3.05) is 24.3 Å². The van der Waals surface area contributed by atoms with Crippen LogP contribution in [-0.2, 0) is 7.05 Å². The van der Waals surface area contributed by atoms with Crippen molar-refractivity contribution in [1.82, 2.24) is 14.8 Å². The molecule has 1 amide bonds. The SMILES string of the molecule is Cc1cc(NC(=O)c2ccnc(N(C)C)c2)n(C)n1. The molecule has 0 unspecified atom stereocenters. The molecule has 2 aromatic heterocycles. The summed E-state index contributed by atoms with van der Waals surface area (Å²) in [5.41, 5.74) is 1.43. The maximum atomic E-state index is 12.2. The van der Waals surface area contributed by atoms with E-state index in [2.05, 4.69) is 15.4 Å². The van der Waals surface area contributed by atoms with Gasteiger partial charge in [-0.2, -0.15) is 5.10 Å². The number of nitrogens with zero attached hydrogens (tertiary/aromatic N) is 4. The molecule has 6 nitrogen and oxygen atoms in total. The molecule has 0 radical (unpaired) electrons. The van der Waals surface area contributed by atoms with Crippen molar-refractivity contribution in [2.24, 2.45) is 7.05 Å². The Morgan fingerprint density at radius 1 is 1.37 bits per heavy atom. The van der Waals surface area contributed by atoms with Crippen molar-refractivity contribution in [3.8, 4) is 0 Å². The van der Waals surface area contributed by atoms with E-state index < -0.39 is 0 Å². The quantitative estimate of drug-likeness (QED) is 0.906. The number of pyridine rings is 1. The molecule has 0 aliphatic rings. The zero-order chi connectivity index (χ0) is 14.0. The fraction of sp³-hybridized carbons (Fsp3) is 0.308. The molecule has 0 saturated carbocycles. The number of amides is 1. The zero-order valence-electron chi connectivity index (χ0n) is 11.5. The van der Waals surface area contributed by atoms with Crippen LogP contribution in [0.25, 0.3) is 0 Å². The average Bonchev–Trinajstić information content (AvgIpc) is 2.68. The van der Waals surface area contributed by atoms with Crippen LogP contribution in [0.5, 0.6) is 0 Å². The van der Waals surface area contributed by atoms with E-state index in [9.17, 15) is 4.79 Å². The lowest BCUT2D eigenvalue weighted by molar-refractivity contribution is 0.102. The number of hydrogen-bond donors (Lipinski definition) is 1. The van der Waals surface area contributed by atoms with Crippen molar-refractivity contribution >= 4 is 17.5 Å². The van der Waals surface area contributed by atoms with E-state index in [0.717, 1.165) is 11.5 Å². The van der Waals surface area contributed by atoms with Crippen molar-refractivity contribution in [3.05, 3.63) is 35.7 Å². The third kappa shape index (κ3) is 2.90. The van der Waals surface area contributed by atoms with Gasteiger partial charge in [-0.15, -0.1) is 0 Å². The molecule has 1 N–H and O–H groups in total. The third-order valence-corrected chi connectivity index (χ3v) is 2.71. The van der Waals surface area contributed by atoms with Gasteiger partial charge in [-0.3, -0.25) is 9.48 Å². The number of carbonyl (C=O) groups excluding carboxylic acids is 1. The standard InChI is InChI=1S/C13H17N5O/c1-9-7-12(18(4)16-9)15-13(19)10-5-6-14-11(8-10)17(2)3/h5-8H,1-4H3,(H,15,19). The van der Waals surface area contributed by atoms with Crippen molar-refractivity contribution in [1.29, 1.82) is 0 Å². The Hall–Kier alpha value is -2.37. The van der Waals surface area contributed by atoms with Gasteiger partial charge in [0.05, 0.1) is 5.69 Å². The molecule has 2 heterocycles. The second kappa shape index (κ2) is 5.09. The van der Waals surface area contributed by atoms with Crippen molar-refractivity contribution < 1.29 is 4.79 Å². The van der Waals surface area contributed by atoms with Crippen LogP contribution in [0.1, 0.15) is 16.1 Å². The van der Waals surface area contributed by atoms with E-state index in [-0.39, 0.29) is 5.91 Å². The lowest BCUT2D eigenvalue weighted by atomic mass is 10.2. The van der Waals surface area contributed by atoms with Gasteiger partial charge in [-0.1, -0.05) is 0 Å². The van der Waals surface area contributed by atoms with Gasteiger partial charge in [0.2, 0.25) is 0 Å². The molecule has 0 saturated heterocycles. The highest BCUT2D eigenvalue weighted by Crippen LogP contribution is 2.13. The van der Waals surface area contributed by atoms with E-state index in [4.69, 9.17) is 0 Å². The fourth-order valence-corrected chi connectivity index (χ4v) is 1.72. The van der Waals surface area contributed by atoms with Gasteiger partial charge in [-0.05, 0) is 19.1 Å². The van der Waals surface area contributed by atoms with Crippen LogP contribution in [0.4, 0.5) is 11.6 Å². The molecule has 0 aromatic carbocycles. The minimum absolute atomic E-state index is 0.173. The third-order valence-electron chi connectivity index (χ3n) is 2.71. The van der Waals surface area contributed by atoms with Gasteiger partial charge in [0.1, 0.15) is 11.6 Å². The zero-order valence-corrected chi connectivity index (χ0v) is 11.5. The smallest absolute Gasteiger partial charge is 0.256 e.